The number of nitrogens with one attached hydrogen (secondary N) is 1. The first kappa shape index (κ1) is 19.5. The molecule has 2 aromatic carbocycles. The number of benzene rings is 2. The van der Waals surface area contributed by atoms with Crippen LogP contribution in [-0.2, 0) is 23.8 Å². The molecule has 0 atom stereocenters. The van der Waals surface area contributed by atoms with Crippen LogP contribution < -0.4 is 10.1 Å². The molecule has 1 saturated heterocycles. The van der Waals surface area contributed by atoms with Gasteiger partial charge in [-0.25, -0.2) is 0 Å². The van der Waals surface area contributed by atoms with E-state index in [2.05, 4.69) is 51.1 Å². The maximum atomic E-state index is 6.29. The molecule has 1 aliphatic heterocycles. The molecule has 1 aliphatic rings. The van der Waals surface area contributed by atoms with Crippen LogP contribution >= 0.6 is 0 Å². The molecule has 0 amide bonds. The topological polar surface area (TPSA) is 74.1 Å². The smallest absolute Gasteiger partial charge is 0.204 e. The number of hydrogen-bond donors (Lipinski definition) is 1. The molecule has 4 rings (SSSR count). The summed E-state index contributed by atoms with van der Waals surface area (Å²) in [6.07, 6.45) is 2.13. The van der Waals surface area contributed by atoms with Crippen LogP contribution in [0.2, 0.25) is 0 Å². The Kier molecular flexibility index (Phi) is 5.87. The van der Waals surface area contributed by atoms with E-state index < -0.39 is 0 Å². The van der Waals surface area contributed by atoms with Crippen molar-refractivity contribution in [3.8, 4) is 17.1 Å². The fourth-order valence-corrected chi connectivity index (χ4v) is 4.00. The molecule has 0 unspecified atom stereocenters. The van der Waals surface area contributed by atoms with Crippen molar-refractivity contribution in [3.05, 3.63) is 59.7 Å². The predicted octanol–water partition coefficient (Wildman–Crippen LogP) is 2.72. The van der Waals surface area contributed by atoms with Crippen LogP contribution in [0.4, 0.5) is 0 Å². The lowest BCUT2D eigenvalue weighted by molar-refractivity contribution is 0.0555. The number of aromatic nitrogens is 4. The number of methoxy groups -OCH3 is 1. The normalized spacial score (nSPS) is 15.9. The largest absolute Gasteiger partial charge is 0.496 e. The standard InChI is InChI=1S/C22H27N5O2/c1-27-25-21(24-26-27)17-8-9-20(28-2)18(14-17)15-29-16-22(10-12-23-13-11-22)19-6-4-3-5-7-19/h3-9,14,23H,10-13,15-16H2,1-2H3. The van der Waals surface area contributed by atoms with E-state index in [1.807, 2.05) is 18.2 Å². The number of ether oxygens (including phenoxy) is 2. The molecule has 0 spiro atoms. The molecule has 7 heteroatoms. The van der Waals surface area contributed by atoms with E-state index in [1.165, 1.54) is 10.4 Å². The highest BCUT2D eigenvalue weighted by molar-refractivity contribution is 5.58. The second kappa shape index (κ2) is 8.71. The molecule has 7 nitrogen and oxygen atoms in total. The molecule has 2 heterocycles. The van der Waals surface area contributed by atoms with Gasteiger partial charge in [0.25, 0.3) is 0 Å². The lowest BCUT2D eigenvalue weighted by Crippen LogP contribution is -2.43. The average Bonchev–Trinajstić information content (AvgIpc) is 3.21. The van der Waals surface area contributed by atoms with E-state index in [4.69, 9.17) is 9.47 Å². The van der Waals surface area contributed by atoms with E-state index >= 15 is 0 Å². The Morgan fingerprint density at radius 3 is 2.59 bits per heavy atom. The minimum absolute atomic E-state index is 0.0455. The fourth-order valence-electron chi connectivity index (χ4n) is 4.00. The van der Waals surface area contributed by atoms with Crippen LogP contribution in [0.15, 0.2) is 48.5 Å². The SMILES string of the molecule is COc1ccc(-c2nnn(C)n2)cc1COCC1(c2ccccc2)CCNCC1. The van der Waals surface area contributed by atoms with Gasteiger partial charge in [0.1, 0.15) is 5.75 Å². The van der Waals surface area contributed by atoms with E-state index in [1.54, 1.807) is 14.2 Å². The minimum atomic E-state index is 0.0455. The summed E-state index contributed by atoms with van der Waals surface area (Å²) in [5, 5.41) is 15.8. The third-order valence-electron chi connectivity index (χ3n) is 5.63. The highest BCUT2D eigenvalue weighted by Crippen LogP contribution is 2.34. The van der Waals surface area contributed by atoms with Crippen molar-refractivity contribution in [2.24, 2.45) is 7.05 Å². The zero-order chi connectivity index (χ0) is 20.1. The Labute approximate surface area is 171 Å². The molecular weight excluding hydrogens is 366 g/mol. The third kappa shape index (κ3) is 4.31. The van der Waals surface area contributed by atoms with Crippen molar-refractivity contribution in [3.63, 3.8) is 0 Å². The second-order valence-corrected chi connectivity index (χ2v) is 7.52. The maximum Gasteiger partial charge on any atom is 0.204 e. The summed E-state index contributed by atoms with van der Waals surface area (Å²) in [6, 6.07) is 16.6. The van der Waals surface area contributed by atoms with E-state index in [0.29, 0.717) is 19.0 Å². The predicted molar refractivity (Wildman–Crippen MR) is 111 cm³/mol. The maximum absolute atomic E-state index is 6.29. The molecule has 1 aromatic heterocycles. The summed E-state index contributed by atoms with van der Waals surface area (Å²) in [6.45, 7) is 3.17. The first-order chi connectivity index (χ1) is 14.2. The van der Waals surface area contributed by atoms with Crippen molar-refractivity contribution >= 4 is 0 Å². The van der Waals surface area contributed by atoms with Crippen molar-refractivity contribution < 1.29 is 9.47 Å². The lowest BCUT2D eigenvalue weighted by atomic mass is 9.74. The van der Waals surface area contributed by atoms with Crippen LogP contribution in [0.5, 0.6) is 5.75 Å². The minimum Gasteiger partial charge on any atom is -0.496 e. The summed E-state index contributed by atoms with van der Waals surface area (Å²) in [4.78, 5) is 1.45. The monoisotopic (exact) mass is 393 g/mol. The van der Waals surface area contributed by atoms with Crippen molar-refractivity contribution in [1.29, 1.82) is 0 Å². The number of hydrogen-bond acceptors (Lipinski definition) is 6. The summed E-state index contributed by atoms with van der Waals surface area (Å²) in [5.41, 5.74) is 3.28. The lowest BCUT2D eigenvalue weighted by Gasteiger charge is -2.38. The highest BCUT2D eigenvalue weighted by Gasteiger charge is 2.34. The molecular formula is C22H27N5O2. The Morgan fingerprint density at radius 2 is 1.90 bits per heavy atom. The van der Waals surface area contributed by atoms with Crippen LogP contribution in [0.25, 0.3) is 11.4 Å². The average molecular weight is 393 g/mol. The number of aryl methyl sites for hydroxylation is 1. The van der Waals surface area contributed by atoms with Gasteiger partial charge in [0.2, 0.25) is 5.82 Å². The quantitative estimate of drug-likeness (QED) is 0.665. The van der Waals surface area contributed by atoms with Crippen molar-refractivity contribution in [1.82, 2.24) is 25.5 Å². The van der Waals surface area contributed by atoms with E-state index in [9.17, 15) is 0 Å². The van der Waals surface area contributed by atoms with Gasteiger partial charge in [-0.1, -0.05) is 30.3 Å². The van der Waals surface area contributed by atoms with Crippen LogP contribution in [0, 0.1) is 0 Å². The zero-order valence-corrected chi connectivity index (χ0v) is 17.0. The Balaban J connectivity index is 1.51. The number of piperidine rings is 1. The molecule has 0 aliphatic carbocycles. The number of tetrazole rings is 1. The Hall–Kier alpha value is -2.77. The number of nitrogens with zero attached hydrogens (tertiary/aromatic N) is 4. The summed E-state index contributed by atoms with van der Waals surface area (Å²) >= 11 is 0. The highest BCUT2D eigenvalue weighted by atomic mass is 16.5. The van der Waals surface area contributed by atoms with Gasteiger partial charge in [0.05, 0.1) is 27.4 Å². The zero-order valence-electron chi connectivity index (χ0n) is 17.0. The van der Waals surface area contributed by atoms with Crippen LogP contribution in [-0.4, -0.2) is 47.0 Å². The van der Waals surface area contributed by atoms with Gasteiger partial charge >= 0.3 is 0 Å². The molecule has 3 aromatic rings. The van der Waals surface area contributed by atoms with E-state index in [-0.39, 0.29) is 5.41 Å². The Bertz CT molecular complexity index is 935. The van der Waals surface area contributed by atoms with Gasteiger partial charge in [-0.3, -0.25) is 0 Å². The van der Waals surface area contributed by atoms with Crippen molar-refractivity contribution in [2.75, 3.05) is 26.8 Å². The molecule has 0 bridgehead atoms. The molecule has 152 valence electrons. The van der Waals surface area contributed by atoms with Gasteiger partial charge in [0, 0.05) is 16.5 Å². The molecule has 29 heavy (non-hydrogen) atoms. The van der Waals surface area contributed by atoms with Gasteiger partial charge in [-0.2, -0.15) is 4.80 Å². The summed E-state index contributed by atoms with van der Waals surface area (Å²) < 4.78 is 11.8. The van der Waals surface area contributed by atoms with Crippen LogP contribution in [0.1, 0.15) is 24.0 Å². The second-order valence-electron chi connectivity index (χ2n) is 7.52. The van der Waals surface area contributed by atoms with Gasteiger partial charge in [-0.05, 0) is 54.9 Å². The van der Waals surface area contributed by atoms with Crippen molar-refractivity contribution in [2.45, 2.75) is 24.9 Å². The molecule has 1 N–H and O–H groups in total. The van der Waals surface area contributed by atoms with Gasteiger partial charge < -0.3 is 14.8 Å². The van der Waals surface area contributed by atoms with Gasteiger partial charge in [-0.15, -0.1) is 10.2 Å². The van der Waals surface area contributed by atoms with Gasteiger partial charge in [0.15, 0.2) is 0 Å². The number of rotatable bonds is 7. The summed E-state index contributed by atoms with van der Waals surface area (Å²) in [7, 11) is 3.43. The molecule has 0 radical (unpaired) electrons. The summed E-state index contributed by atoms with van der Waals surface area (Å²) in [5.74, 6) is 1.40. The first-order valence-corrected chi connectivity index (χ1v) is 9.95. The van der Waals surface area contributed by atoms with E-state index in [0.717, 1.165) is 42.8 Å². The Morgan fingerprint density at radius 1 is 1.10 bits per heavy atom. The third-order valence-corrected chi connectivity index (χ3v) is 5.63. The van der Waals surface area contributed by atoms with Crippen LogP contribution in [0.3, 0.4) is 0 Å². The molecule has 0 saturated carbocycles. The first-order valence-electron chi connectivity index (χ1n) is 9.95. The molecule has 1 fully saturated rings. The fraction of sp³-hybridized carbons (Fsp3) is 0.409.